The molecule has 1 spiro atoms. The van der Waals surface area contributed by atoms with E-state index in [0.717, 1.165) is 67.3 Å². The predicted molar refractivity (Wildman–Crippen MR) is 146 cm³/mol. The van der Waals surface area contributed by atoms with Gasteiger partial charge in [0.25, 0.3) is 0 Å². The van der Waals surface area contributed by atoms with Crippen LogP contribution in [-0.4, -0.2) is 59.5 Å². The molecule has 0 radical (unpaired) electrons. The highest BCUT2D eigenvalue weighted by molar-refractivity contribution is 6.35. The number of hydrogen-bond acceptors (Lipinski definition) is 8. The van der Waals surface area contributed by atoms with Crippen molar-refractivity contribution in [2.75, 3.05) is 48.9 Å². The Labute approximate surface area is 224 Å². The Kier molecular flexibility index (Phi) is 6.50. The van der Waals surface area contributed by atoms with Gasteiger partial charge in [-0.05, 0) is 49.2 Å². The van der Waals surface area contributed by atoms with Crippen molar-refractivity contribution in [3.63, 3.8) is 0 Å². The molecule has 38 heavy (non-hydrogen) atoms. The highest BCUT2D eigenvalue weighted by Gasteiger charge is 2.50. The number of para-hydroxylation sites is 1. The molecule has 10 nitrogen and oxygen atoms in total. The zero-order valence-corrected chi connectivity index (χ0v) is 21.7. The van der Waals surface area contributed by atoms with Crippen molar-refractivity contribution in [2.45, 2.75) is 12.8 Å². The Morgan fingerprint density at radius 3 is 2.55 bits per heavy atom. The van der Waals surface area contributed by atoms with Gasteiger partial charge >= 0.3 is 0 Å². The van der Waals surface area contributed by atoms with E-state index in [-0.39, 0.29) is 11.8 Å². The van der Waals surface area contributed by atoms with Crippen molar-refractivity contribution in [3.8, 4) is 5.75 Å². The number of carbonyl (C=O) groups excluding carboxylic acids is 1. The number of carbonyl (C=O) groups is 1. The van der Waals surface area contributed by atoms with Crippen LogP contribution in [-0.2, 0) is 9.53 Å². The zero-order chi connectivity index (χ0) is 26.1. The molecule has 7 rings (SSSR count). The molecule has 4 heterocycles. The van der Waals surface area contributed by atoms with Gasteiger partial charge in [-0.2, -0.15) is 5.10 Å². The lowest BCUT2D eigenvalue weighted by molar-refractivity contribution is -0.127. The van der Waals surface area contributed by atoms with Crippen LogP contribution in [0.5, 0.6) is 5.75 Å². The lowest BCUT2D eigenvalue weighted by Gasteiger charge is -2.55. The van der Waals surface area contributed by atoms with Crippen molar-refractivity contribution >= 4 is 51.6 Å². The minimum Gasteiger partial charge on any atom is -0.497 e. The van der Waals surface area contributed by atoms with E-state index < -0.39 is 0 Å². The molecule has 1 aliphatic carbocycles. The number of aromatic amines is 1. The number of nitrogens with zero attached hydrogens (tertiary/aromatic N) is 4. The lowest BCUT2D eigenvalue weighted by atomic mass is 9.78. The average Bonchev–Trinajstić information content (AvgIpc) is 3.67. The number of hydrogen-bond donors (Lipinski definition) is 3. The normalized spacial score (nSPS) is 17.2. The van der Waals surface area contributed by atoms with Crippen molar-refractivity contribution in [1.29, 1.82) is 0 Å². The number of anilines is 4. The third-order valence-electron chi connectivity index (χ3n) is 6.95. The summed E-state index contributed by atoms with van der Waals surface area (Å²) in [5.41, 5.74) is 2.10. The van der Waals surface area contributed by atoms with Gasteiger partial charge in [0.2, 0.25) is 5.91 Å². The molecule has 1 saturated carbocycles. The molecule has 0 atom stereocenters. The quantitative estimate of drug-likeness (QED) is 0.328. The van der Waals surface area contributed by atoms with Crippen LogP contribution < -0.4 is 20.3 Å². The van der Waals surface area contributed by atoms with E-state index >= 15 is 0 Å². The maximum Gasteiger partial charge on any atom is 0.227 e. The van der Waals surface area contributed by atoms with E-state index in [4.69, 9.17) is 21.1 Å². The first kappa shape index (κ1) is 24.4. The van der Waals surface area contributed by atoms with Crippen LogP contribution in [0.3, 0.4) is 0 Å². The molecule has 2 saturated heterocycles. The van der Waals surface area contributed by atoms with Crippen LogP contribution in [0.2, 0.25) is 5.02 Å². The van der Waals surface area contributed by atoms with Gasteiger partial charge < -0.3 is 25.0 Å². The van der Waals surface area contributed by atoms with E-state index in [2.05, 4.69) is 35.7 Å². The van der Waals surface area contributed by atoms with E-state index in [1.165, 1.54) is 6.33 Å². The van der Waals surface area contributed by atoms with Gasteiger partial charge in [-0.1, -0.05) is 23.7 Å². The summed E-state index contributed by atoms with van der Waals surface area (Å²) in [6, 6.07) is 15.3. The van der Waals surface area contributed by atoms with Crippen molar-refractivity contribution in [2.24, 2.45) is 11.3 Å². The molecular formula is C27H28ClN7O3. The van der Waals surface area contributed by atoms with Gasteiger partial charge in [0.05, 0.1) is 31.3 Å². The smallest absolute Gasteiger partial charge is 0.227 e. The molecule has 11 heteroatoms. The molecule has 3 aliphatic rings. The fraction of sp³-hybridized carbons (Fsp3) is 0.333. The summed E-state index contributed by atoms with van der Waals surface area (Å²) in [4.78, 5) is 22.2. The fourth-order valence-electron chi connectivity index (χ4n) is 4.59. The molecule has 1 amide bonds. The Bertz CT molecular complexity index is 1440. The summed E-state index contributed by atoms with van der Waals surface area (Å²) in [5, 5.41) is 14.9. The zero-order valence-electron chi connectivity index (χ0n) is 20.9. The first-order valence-corrected chi connectivity index (χ1v) is 12.9. The summed E-state index contributed by atoms with van der Waals surface area (Å²) in [5.74, 6) is 3.20. The van der Waals surface area contributed by atoms with Crippen LogP contribution in [0.15, 0.2) is 54.9 Å². The Balaban J connectivity index is 0.000000161. The highest BCUT2D eigenvalue weighted by atomic mass is 35.5. The molecule has 0 unspecified atom stereocenters. The summed E-state index contributed by atoms with van der Waals surface area (Å²) in [6.07, 6.45) is 3.59. The first-order chi connectivity index (χ1) is 18.5. The monoisotopic (exact) mass is 533 g/mol. The molecule has 4 aromatic rings. The van der Waals surface area contributed by atoms with Crippen LogP contribution >= 0.6 is 11.6 Å². The van der Waals surface area contributed by atoms with Crippen LogP contribution in [0.25, 0.3) is 10.9 Å². The van der Waals surface area contributed by atoms with Crippen LogP contribution in [0.4, 0.5) is 23.1 Å². The maximum atomic E-state index is 11.4. The largest absolute Gasteiger partial charge is 0.497 e. The summed E-state index contributed by atoms with van der Waals surface area (Å²) in [7, 11) is 1.62. The highest BCUT2D eigenvalue weighted by Crippen LogP contribution is 2.43. The Morgan fingerprint density at radius 2 is 1.87 bits per heavy atom. The number of rotatable bonds is 6. The molecule has 2 aliphatic heterocycles. The summed E-state index contributed by atoms with van der Waals surface area (Å²) >= 11 is 6.54. The second-order valence-electron chi connectivity index (χ2n) is 9.94. The van der Waals surface area contributed by atoms with E-state index in [9.17, 15) is 4.79 Å². The van der Waals surface area contributed by atoms with Crippen LogP contribution in [0.1, 0.15) is 12.8 Å². The molecular weight excluding hydrogens is 506 g/mol. The molecule has 2 aromatic heterocycles. The van der Waals surface area contributed by atoms with Crippen molar-refractivity contribution in [1.82, 2.24) is 20.2 Å². The van der Waals surface area contributed by atoms with Gasteiger partial charge in [-0.15, -0.1) is 0 Å². The van der Waals surface area contributed by atoms with Gasteiger partial charge in [0.1, 0.15) is 17.1 Å². The third-order valence-corrected chi connectivity index (χ3v) is 7.30. The number of nitrogens with one attached hydrogen (secondary N) is 3. The Hall–Kier alpha value is -3.89. The van der Waals surface area contributed by atoms with Crippen LogP contribution in [0, 0.1) is 11.3 Å². The third kappa shape index (κ3) is 4.97. The van der Waals surface area contributed by atoms with E-state index in [1.54, 1.807) is 7.11 Å². The molecule has 3 N–H and O–H groups in total. The topological polar surface area (TPSA) is 117 Å². The van der Waals surface area contributed by atoms with Gasteiger partial charge in [0, 0.05) is 30.1 Å². The second kappa shape index (κ2) is 10.1. The number of halogens is 1. The van der Waals surface area contributed by atoms with E-state index in [1.807, 2.05) is 48.5 Å². The number of amides is 1. The first-order valence-electron chi connectivity index (χ1n) is 12.5. The summed E-state index contributed by atoms with van der Waals surface area (Å²) in [6.45, 7) is 3.51. The number of methoxy groups -OCH3 is 1. The summed E-state index contributed by atoms with van der Waals surface area (Å²) < 4.78 is 10.3. The number of aromatic nitrogens is 4. The lowest BCUT2D eigenvalue weighted by Crippen LogP contribution is -2.66. The molecule has 196 valence electrons. The number of ether oxygens (including phenoxy) is 2. The van der Waals surface area contributed by atoms with Gasteiger partial charge in [-0.25, -0.2) is 9.97 Å². The molecule has 2 aromatic carbocycles. The second-order valence-corrected chi connectivity index (χ2v) is 10.3. The minimum atomic E-state index is 0.134. The number of fused-ring (bicyclic) bond motifs is 1. The number of H-pyrrole nitrogens is 1. The van der Waals surface area contributed by atoms with E-state index in [0.29, 0.717) is 22.1 Å². The minimum absolute atomic E-state index is 0.134. The number of benzene rings is 2. The Morgan fingerprint density at radius 1 is 1.11 bits per heavy atom. The SMILES string of the molecule is COc1ccc(NC(=O)C2CC2)cc1.Clc1c(Nc2n[nH]c3ccccc23)ncnc1N1CC2(COC2)C1. The van der Waals surface area contributed by atoms with Crippen molar-refractivity contribution in [3.05, 3.63) is 59.9 Å². The molecule has 0 bridgehead atoms. The van der Waals surface area contributed by atoms with Crippen molar-refractivity contribution < 1.29 is 14.3 Å². The average molecular weight is 534 g/mol. The molecule has 3 fully saturated rings. The standard InChI is InChI=1S/C16H15ClN6O.C11H13NO2/c17-12-14(20-13-10-3-1-2-4-11(10)21-22-13)18-9-19-15(12)23-5-16(6-23)7-24-8-16;1-14-10-6-4-9(5-7-10)12-11(13)8-2-3-8/h1-4,9H,5-8H2,(H2,18,19,20,21,22);4-8H,2-3H2,1H3,(H,12,13). The maximum absolute atomic E-state index is 11.4. The fourth-order valence-corrected chi connectivity index (χ4v) is 4.85. The van der Waals surface area contributed by atoms with Gasteiger partial charge in [0.15, 0.2) is 17.5 Å². The van der Waals surface area contributed by atoms with Gasteiger partial charge in [-0.3, -0.25) is 9.89 Å². The predicted octanol–water partition coefficient (Wildman–Crippen LogP) is 4.63.